The van der Waals surface area contributed by atoms with E-state index in [0.717, 1.165) is 29.4 Å². The second kappa shape index (κ2) is 17.5. The smallest absolute Gasteiger partial charge is 0.00166 e. The van der Waals surface area contributed by atoms with Gasteiger partial charge in [-0.3, -0.25) is 0 Å². The Morgan fingerprint density at radius 2 is 0.771 bits per heavy atom. The summed E-state index contributed by atoms with van der Waals surface area (Å²) in [4.78, 5) is 1.50. The Morgan fingerprint density at radius 1 is 0.514 bits per heavy atom. The molecule has 0 aromatic heterocycles. The summed E-state index contributed by atoms with van der Waals surface area (Å²) in [6, 6.07) is 16.8. The zero-order valence-corrected chi connectivity index (χ0v) is 27.6. The fourth-order valence-electron chi connectivity index (χ4n) is 2.83. The van der Waals surface area contributed by atoms with Crippen molar-refractivity contribution in [2.75, 3.05) is 0 Å². The van der Waals surface area contributed by atoms with Gasteiger partial charge in [0.25, 0.3) is 0 Å². The molecule has 0 radical (unpaired) electrons. The van der Waals surface area contributed by atoms with Crippen molar-refractivity contribution >= 4 is 83.8 Å². The molecule has 2 aromatic carbocycles. The van der Waals surface area contributed by atoms with Gasteiger partial charge in [0, 0.05) is 27.0 Å². The monoisotopic (exact) mass is 622 g/mol. The molecule has 35 heavy (non-hydrogen) atoms. The normalized spacial score (nSPS) is 12.7. The second-order valence-electron chi connectivity index (χ2n) is 9.12. The van der Waals surface area contributed by atoms with Crippen LogP contribution < -0.4 is 0 Å². The summed E-state index contributed by atoms with van der Waals surface area (Å²) in [5, 5.41) is 1.06. The fourth-order valence-corrected chi connectivity index (χ4v) is 6.11. The van der Waals surface area contributed by atoms with Crippen LogP contribution in [0, 0.1) is 0 Å². The van der Waals surface area contributed by atoms with E-state index in [1.807, 2.05) is 0 Å². The molecule has 0 N–H and O–H groups in total. The zero-order chi connectivity index (χ0) is 26.0. The number of thioether (sulfide) groups is 2. The van der Waals surface area contributed by atoms with Gasteiger partial charge in [-0.25, -0.2) is 0 Å². The van der Waals surface area contributed by atoms with E-state index in [0.29, 0.717) is 22.3 Å². The summed E-state index contributed by atoms with van der Waals surface area (Å²) in [6.07, 6.45) is 0. The zero-order valence-electron chi connectivity index (χ0n) is 21.7. The molecular weight excluding hydrogens is 587 g/mol. The maximum absolute atomic E-state index is 5.58. The van der Waals surface area contributed by atoms with Crippen LogP contribution in [0.3, 0.4) is 0 Å². The molecule has 0 atom stereocenters. The SMILES string of the molecule is CC(C)S/C([S-])=C(/[S-])SC(C)C.CC(C)c1ccc(/C([S-])=C(/[S-])c2ccc(C(C)C)cc2)cc1.[Ni]. The van der Waals surface area contributed by atoms with Gasteiger partial charge in [-0.15, -0.1) is 0 Å². The van der Waals surface area contributed by atoms with Crippen molar-refractivity contribution in [2.45, 2.75) is 77.7 Å². The van der Waals surface area contributed by atoms with E-state index < -0.39 is 0 Å². The second-order valence-corrected chi connectivity index (χ2v) is 14.4. The molecule has 7 heteroatoms. The summed E-state index contributed by atoms with van der Waals surface area (Å²) >= 11 is 24.8. The van der Waals surface area contributed by atoms with E-state index in [2.05, 4.69) is 104 Å². The van der Waals surface area contributed by atoms with E-state index in [4.69, 9.17) is 50.5 Å². The van der Waals surface area contributed by atoms with E-state index >= 15 is 0 Å². The largest absolute Gasteiger partial charge is 0.781 e. The molecule has 0 fully saturated rings. The molecule has 0 aliphatic heterocycles. The number of benzene rings is 2. The standard InChI is InChI=1S/C20H24S2.C8H16S4.Ni/c1-13(2)15-5-9-17(10-6-15)19(21)20(22)18-11-7-16(8-12-18)14(3)4;1-5(2)11-7(9)8(10)12-6(3)4;/h5-14,21-22H,1-4H3;5-6,9-10H,1-4H3;/p-4/b20-19-;8-7-;. The summed E-state index contributed by atoms with van der Waals surface area (Å²) in [6.45, 7) is 17.3. The third-order valence-corrected chi connectivity index (χ3v) is 9.03. The molecule has 0 nitrogen and oxygen atoms in total. The average Bonchev–Trinajstić information content (AvgIpc) is 2.77. The maximum atomic E-state index is 5.58. The van der Waals surface area contributed by atoms with Crippen LogP contribution in [0.2, 0.25) is 0 Å². The van der Waals surface area contributed by atoms with Crippen LogP contribution in [0.25, 0.3) is 9.81 Å². The van der Waals surface area contributed by atoms with Crippen LogP contribution in [0.4, 0.5) is 0 Å². The predicted octanol–water partition coefficient (Wildman–Crippen LogP) is 9.34. The van der Waals surface area contributed by atoms with Crippen molar-refractivity contribution < 1.29 is 16.5 Å². The van der Waals surface area contributed by atoms with Crippen LogP contribution in [0.5, 0.6) is 0 Å². The van der Waals surface area contributed by atoms with Gasteiger partial charge in [0.05, 0.1) is 0 Å². The summed E-state index contributed by atoms with van der Waals surface area (Å²) in [5.74, 6) is 1.05. The van der Waals surface area contributed by atoms with Gasteiger partial charge in [-0.2, -0.15) is 41.8 Å². The molecule has 0 saturated carbocycles. The molecule has 2 aromatic rings. The van der Waals surface area contributed by atoms with Gasteiger partial charge in [0.2, 0.25) is 0 Å². The minimum Gasteiger partial charge on any atom is -0.781 e. The van der Waals surface area contributed by atoms with Gasteiger partial charge in [-0.1, -0.05) is 104 Å². The number of hydrogen-bond donors (Lipinski definition) is 0. The first-order valence-corrected chi connectivity index (χ1v) is 14.9. The Hall–Kier alpha value is -0.00649. The van der Waals surface area contributed by atoms with Crippen molar-refractivity contribution in [1.29, 1.82) is 0 Å². The predicted molar refractivity (Wildman–Crippen MR) is 170 cm³/mol. The van der Waals surface area contributed by atoms with Gasteiger partial charge in [0.15, 0.2) is 0 Å². The van der Waals surface area contributed by atoms with E-state index in [1.165, 1.54) is 11.1 Å². The quantitative estimate of drug-likeness (QED) is 0.162. The first-order valence-electron chi connectivity index (χ1n) is 11.5. The summed E-state index contributed by atoms with van der Waals surface area (Å²) < 4.78 is 1.75. The van der Waals surface area contributed by atoms with Gasteiger partial charge in [0.1, 0.15) is 0 Å². The van der Waals surface area contributed by atoms with Crippen LogP contribution in [0.15, 0.2) is 57.0 Å². The molecule has 2 rings (SSSR count). The molecule has 0 heterocycles. The Labute approximate surface area is 255 Å². The van der Waals surface area contributed by atoms with E-state index in [1.54, 1.807) is 23.5 Å². The third-order valence-electron chi connectivity index (χ3n) is 4.74. The fraction of sp³-hybridized carbons (Fsp3) is 0.429. The van der Waals surface area contributed by atoms with Crippen molar-refractivity contribution in [3.05, 3.63) is 79.3 Å². The Balaban J connectivity index is 0.000000764. The Morgan fingerprint density at radius 3 is 0.971 bits per heavy atom. The number of hydrogen-bond acceptors (Lipinski definition) is 6. The van der Waals surface area contributed by atoms with Crippen molar-refractivity contribution in [3.8, 4) is 0 Å². The van der Waals surface area contributed by atoms with E-state index in [9.17, 15) is 0 Å². The van der Waals surface area contributed by atoms with Gasteiger partial charge in [-0.05, 0) is 34.1 Å². The molecule has 0 aliphatic carbocycles. The van der Waals surface area contributed by atoms with Crippen LogP contribution in [-0.4, -0.2) is 10.5 Å². The number of rotatable bonds is 8. The van der Waals surface area contributed by atoms with Crippen molar-refractivity contribution in [2.24, 2.45) is 0 Å². The average molecular weight is 624 g/mol. The molecule has 0 aliphatic rings. The third kappa shape index (κ3) is 12.9. The molecule has 0 unspecified atom stereocenters. The first kappa shape index (κ1) is 35.0. The van der Waals surface area contributed by atoms with Crippen LogP contribution in [-0.2, 0) is 67.0 Å². The molecule has 0 saturated heterocycles. The molecular formula is C28H36NiS6-4. The molecule has 0 spiro atoms. The van der Waals surface area contributed by atoms with Crippen molar-refractivity contribution in [3.63, 3.8) is 0 Å². The molecule has 0 bridgehead atoms. The van der Waals surface area contributed by atoms with Gasteiger partial charge < -0.3 is 50.5 Å². The summed E-state index contributed by atoms with van der Waals surface area (Å²) in [7, 11) is 0. The topological polar surface area (TPSA) is 0 Å². The van der Waals surface area contributed by atoms with Crippen LogP contribution in [0.1, 0.15) is 89.5 Å². The molecule has 198 valence electrons. The van der Waals surface area contributed by atoms with Crippen LogP contribution >= 0.6 is 23.5 Å². The maximum Gasteiger partial charge on any atom is 0.00166 e. The summed E-state index contributed by atoms with van der Waals surface area (Å²) in [5.41, 5.74) is 4.69. The Kier molecular flexibility index (Phi) is 17.5. The first-order chi connectivity index (χ1) is 15.8. The van der Waals surface area contributed by atoms with Crippen molar-refractivity contribution in [1.82, 2.24) is 0 Å². The Bertz CT molecular complexity index is 865. The van der Waals surface area contributed by atoms with E-state index in [-0.39, 0.29) is 16.5 Å². The molecule has 0 amide bonds. The minimum atomic E-state index is 0. The van der Waals surface area contributed by atoms with Gasteiger partial charge >= 0.3 is 0 Å². The minimum absolute atomic E-state index is 0.